The number of nitrogens with zero attached hydrogens (tertiary/aromatic N) is 2. The van der Waals surface area contributed by atoms with Gasteiger partial charge in [0.15, 0.2) is 6.04 Å². The van der Waals surface area contributed by atoms with Crippen LogP contribution < -0.4 is 14.5 Å². The van der Waals surface area contributed by atoms with Gasteiger partial charge in [-0.25, -0.2) is 4.90 Å². The van der Waals surface area contributed by atoms with Crippen LogP contribution in [0.4, 0.5) is 5.69 Å². The Kier molecular flexibility index (Phi) is 5.31. The molecule has 2 saturated heterocycles. The second-order valence-electron chi connectivity index (χ2n) is 7.34. The molecule has 0 bridgehead atoms. The first-order valence-electron chi connectivity index (χ1n) is 9.78. The number of hydrogen-bond acceptors (Lipinski definition) is 4. The topological polar surface area (TPSA) is 71.4 Å². The Morgan fingerprint density at radius 2 is 1.66 bits per heavy atom. The van der Waals surface area contributed by atoms with Gasteiger partial charge in [0.05, 0.1) is 45.4 Å². The molecule has 0 aliphatic carbocycles. The van der Waals surface area contributed by atoms with E-state index in [1.165, 1.54) is 4.90 Å². The van der Waals surface area contributed by atoms with Crippen LogP contribution in [-0.4, -0.2) is 62.0 Å². The summed E-state index contributed by atoms with van der Waals surface area (Å²) >= 11 is 0. The molecular formula is C22H24N3O4+. The van der Waals surface area contributed by atoms with Crippen LogP contribution in [0.2, 0.25) is 0 Å². The first-order chi connectivity index (χ1) is 14.1. The van der Waals surface area contributed by atoms with Gasteiger partial charge in [-0.3, -0.25) is 14.4 Å². The van der Waals surface area contributed by atoms with E-state index in [2.05, 4.69) is 0 Å². The van der Waals surface area contributed by atoms with Crippen LogP contribution in [0.3, 0.4) is 0 Å². The second-order valence-corrected chi connectivity index (χ2v) is 7.34. The first kappa shape index (κ1) is 19.1. The zero-order chi connectivity index (χ0) is 20.4. The Labute approximate surface area is 169 Å². The normalized spacial score (nSPS) is 20.2. The number of methoxy groups -OCH3 is 1. The average Bonchev–Trinajstić information content (AvgIpc) is 3.08. The monoisotopic (exact) mass is 394 g/mol. The van der Waals surface area contributed by atoms with E-state index in [9.17, 15) is 14.4 Å². The number of carbonyl (C=O) groups excluding carboxylic acids is 3. The molecule has 150 valence electrons. The summed E-state index contributed by atoms with van der Waals surface area (Å²) in [6.45, 7) is 2.45. The number of piperazine rings is 1. The van der Waals surface area contributed by atoms with E-state index in [-0.39, 0.29) is 24.1 Å². The minimum Gasteiger partial charge on any atom is -0.497 e. The lowest BCUT2D eigenvalue weighted by Gasteiger charge is -2.34. The van der Waals surface area contributed by atoms with Crippen LogP contribution in [0, 0.1) is 0 Å². The Morgan fingerprint density at radius 1 is 1.00 bits per heavy atom. The summed E-state index contributed by atoms with van der Waals surface area (Å²) in [4.78, 5) is 42.3. The molecule has 1 N–H and O–H groups in total. The van der Waals surface area contributed by atoms with E-state index in [1.807, 2.05) is 35.2 Å². The third-order valence-electron chi connectivity index (χ3n) is 5.68. The van der Waals surface area contributed by atoms with Crippen LogP contribution in [0.25, 0.3) is 0 Å². The molecule has 2 aliphatic heterocycles. The van der Waals surface area contributed by atoms with E-state index in [0.717, 1.165) is 4.90 Å². The van der Waals surface area contributed by atoms with Crippen LogP contribution in [-0.2, 0) is 9.59 Å². The van der Waals surface area contributed by atoms with Gasteiger partial charge in [0, 0.05) is 5.56 Å². The lowest BCUT2D eigenvalue weighted by Crippen LogP contribution is -3.19. The lowest BCUT2D eigenvalue weighted by atomic mass is 10.1. The van der Waals surface area contributed by atoms with Crippen molar-refractivity contribution in [2.45, 2.75) is 12.5 Å². The molecule has 2 fully saturated rings. The Bertz CT molecular complexity index is 905. The zero-order valence-electron chi connectivity index (χ0n) is 16.3. The van der Waals surface area contributed by atoms with Crippen LogP contribution in [0.15, 0.2) is 54.6 Å². The molecule has 7 nitrogen and oxygen atoms in total. The number of nitrogens with one attached hydrogen (secondary N) is 1. The van der Waals surface area contributed by atoms with Crippen molar-refractivity contribution in [3.63, 3.8) is 0 Å². The highest BCUT2D eigenvalue weighted by molar-refractivity contribution is 6.21. The number of amides is 3. The van der Waals surface area contributed by atoms with E-state index >= 15 is 0 Å². The van der Waals surface area contributed by atoms with Crippen LogP contribution in [0.5, 0.6) is 5.75 Å². The van der Waals surface area contributed by atoms with E-state index in [1.54, 1.807) is 31.4 Å². The standard InChI is InChI=1S/C22H23N3O4/c1-29-18-9-7-17(8-10-18)25-20(26)15-19(22(25)28)23-11-13-24(14-12-23)21(27)16-5-3-2-4-6-16/h2-10,19H,11-15H2,1H3/p+1/t19-/m0/s1. The summed E-state index contributed by atoms with van der Waals surface area (Å²) in [7, 11) is 1.57. The van der Waals surface area contributed by atoms with Crippen molar-refractivity contribution in [3.05, 3.63) is 60.2 Å². The molecule has 0 spiro atoms. The third kappa shape index (κ3) is 3.73. The fourth-order valence-electron chi connectivity index (χ4n) is 4.06. The van der Waals surface area contributed by atoms with Crippen molar-refractivity contribution in [1.29, 1.82) is 0 Å². The van der Waals surface area contributed by atoms with Gasteiger partial charge in [-0.1, -0.05) is 18.2 Å². The quantitative estimate of drug-likeness (QED) is 0.761. The molecule has 0 aromatic heterocycles. The number of quaternary nitrogens is 1. The van der Waals surface area contributed by atoms with Gasteiger partial charge in [0.25, 0.3) is 11.8 Å². The summed E-state index contributed by atoms with van der Waals surface area (Å²) in [5.41, 5.74) is 1.24. The minimum absolute atomic E-state index is 0.0123. The molecule has 0 radical (unpaired) electrons. The summed E-state index contributed by atoms with van der Waals surface area (Å²) in [6, 6.07) is 15.8. The van der Waals surface area contributed by atoms with Crippen molar-refractivity contribution < 1.29 is 24.0 Å². The largest absolute Gasteiger partial charge is 0.497 e. The Hall–Kier alpha value is -3.19. The SMILES string of the molecule is COc1ccc(N2C(=O)C[C@H]([NH+]3CCN(C(=O)c4ccccc4)CC3)C2=O)cc1. The Morgan fingerprint density at radius 3 is 2.28 bits per heavy atom. The van der Waals surface area contributed by atoms with Gasteiger partial charge in [-0.15, -0.1) is 0 Å². The molecule has 2 aromatic carbocycles. The number of benzene rings is 2. The molecule has 1 atom stereocenters. The maximum absolute atomic E-state index is 13.0. The van der Waals surface area contributed by atoms with E-state index in [4.69, 9.17) is 4.74 Å². The third-order valence-corrected chi connectivity index (χ3v) is 5.68. The number of ether oxygens (including phenoxy) is 1. The average molecular weight is 394 g/mol. The molecule has 2 aliphatic rings. The predicted molar refractivity (Wildman–Crippen MR) is 107 cm³/mol. The number of hydrogen-bond donors (Lipinski definition) is 1. The van der Waals surface area contributed by atoms with Crippen molar-refractivity contribution in [2.75, 3.05) is 38.2 Å². The fraction of sp³-hybridized carbons (Fsp3) is 0.318. The van der Waals surface area contributed by atoms with Crippen molar-refractivity contribution in [3.8, 4) is 5.75 Å². The summed E-state index contributed by atoms with van der Waals surface area (Å²) in [6.07, 6.45) is 0.201. The number of anilines is 1. The maximum atomic E-state index is 13.0. The van der Waals surface area contributed by atoms with Gasteiger partial charge in [-0.05, 0) is 36.4 Å². The fourth-order valence-corrected chi connectivity index (χ4v) is 4.06. The molecule has 29 heavy (non-hydrogen) atoms. The summed E-state index contributed by atoms with van der Waals surface area (Å²) in [5, 5.41) is 0. The highest BCUT2D eigenvalue weighted by Crippen LogP contribution is 2.24. The number of rotatable bonds is 4. The molecule has 7 heteroatoms. The summed E-state index contributed by atoms with van der Waals surface area (Å²) in [5.74, 6) is 0.339. The molecule has 2 aromatic rings. The smallest absolute Gasteiger partial charge is 0.292 e. The van der Waals surface area contributed by atoms with Crippen molar-refractivity contribution in [2.24, 2.45) is 0 Å². The highest BCUT2D eigenvalue weighted by Gasteiger charge is 2.46. The molecule has 3 amide bonds. The van der Waals surface area contributed by atoms with Gasteiger partial charge in [-0.2, -0.15) is 0 Å². The van der Waals surface area contributed by atoms with Crippen molar-refractivity contribution >= 4 is 23.4 Å². The van der Waals surface area contributed by atoms with Crippen LogP contribution >= 0.6 is 0 Å². The predicted octanol–water partition coefficient (Wildman–Crippen LogP) is 0.368. The van der Waals surface area contributed by atoms with Gasteiger partial charge in [0.2, 0.25) is 5.91 Å². The number of imide groups is 1. The maximum Gasteiger partial charge on any atom is 0.292 e. The van der Waals surface area contributed by atoms with Gasteiger partial charge >= 0.3 is 0 Å². The first-order valence-corrected chi connectivity index (χ1v) is 9.78. The van der Waals surface area contributed by atoms with Gasteiger partial charge in [0.1, 0.15) is 5.75 Å². The Balaban J connectivity index is 1.40. The molecule has 2 heterocycles. The molecule has 0 saturated carbocycles. The second kappa shape index (κ2) is 8.05. The van der Waals surface area contributed by atoms with Crippen molar-refractivity contribution in [1.82, 2.24) is 4.90 Å². The van der Waals surface area contributed by atoms with E-state index in [0.29, 0.717) is 43.2 Å². The lowest BCUT2D eigenvalue weighted by molar-refractivity contribution is -0.918. The molecular weight excluding hydrogens is 370 g/mol. The summed E-state index contributed by atoms with van der Waals surface area (Å²) < 4.78 is 5.14. The minimum atomic E-state index is -0.390. The zero-order valence-corrected chi connectivity index (χ0v) is 16.3. The highest BCUT2D eigenvalue weighted by atomic mass is 16.5. The molecule has 0 unspecified atom stereocenters. The number of carbonyl (C=O) groups is 3. The van der Waals surface area contributed by atoms with E-state index < -0.39 is 6.04 Å². The van der Waals surface area contributed by atoms with Crippen LogP contribution in [0.1, 0.15) is 16.8 Å². The van der Waals surface area contributed by atoms with Gasteiger partial charge < -0.3 is 14.5 Å². The molecule has 4 rings (SSSR count).